The van der Waals surface area contributed by atoms with Gasteiger partial charge in [-0.15, -0.1) is 0 Å². The summed E-state index contributed by atoms with van der Waals surface area (Å²) in [6, 6.07) is 0.0388. The van der Waals surface area contributed by atoms with Crippen molar-refractivity contribution < 1.29 is 18.0 Å². The largest absolute Gasteiger partial charge is 0.345 e. The summed E-state index contributed by atoms with van der Waals surface area (Å²) in [7, 11) is -3.25. The Balaban J connectivity index is 1.83. The van der Waals surface area contributed by atoms with Crippen molar-refractivity contribution in [2.75, 3.05) is 5.32 Å². The first-order valence-electron chi connectivity index (χ1n) is 8.50. The van der Waals surface area contributed by atoms with Gasteiger partial charge < -0.3 is 10.6 Å². The van der Waals surface area contributed by atoms with Gasteiger partial charge in [0.2, 0.25) is 0 Å². The minimum Gasteiger partial charge on any atom is -0.345 e. The molecule has 2 heterocycles. The molecule has 9 heteroatoms. The van der Waals surface area contributed by atoms with Gasteiger partial charge in [0, 0.05) is 11.6 Å². The molecule has 8 nitrogen and oxygen atoms in total. The molecule has 1 aromatic heterocycles. The maximum atomic E-state index is 12.3. The van der Waals surface area contributed by atoms with Crippen molar-refractivity contribution in [3.8, 4) is 0 Å². The van der Waals surface area contributed by atoms with E-state index >= 15 is 0 Å². The number of sulfone groups is 1. The summed E-state index contributed by atoms with van der Waals surface area (Å²) in [6.45, 7) is 5.70. The van der Waals surface area contributed by atoms with Crippen molar-refractivity contribution in [3.63, 3.8) is 0 Å². The molecule has 0 aromatic carbocycles. The number of carbonyl (C=O) groups excluding carboxylic acids is 2. The smallest absolute Gasteiger partial charge is 0.314 e. The third-order valence-electron chi connectivity index (χ3n) is 4.55. The molecule has 2 amide bonds. The zero-order valence-corrected chi connectivity index (χ0v) is 15.6. The fourth-order valence-corrected chi connectivity index (χ4v) is 4.84. The average molecular weight is 368 g/mol. The average Bonchev–Trinajstić information content (AvgIpc) is 3.14. The van der Waals surface area contributed by atoms with Crippen LogP contribution in [0.1, 0.15) is 57.7 Å². The summed E-state index contributed by atoms with van der Waals surface area (Å²) in [4.78, 5) is 24.5. The highest BCUT2D eigenvalue weighted by Crippen LogP contribution is 2.34. The quantitative estimate of drug-likeness (QED) is 0.759. The Kier molecular flexibility index (Phi) is 4.38. The minimum atomic E-state index is -3.25. The van der Waals surface area contributed by atoms with Crippen LogP contribution in [-0.2, 0) is 36.5 Å². The van der Waals surface area contributed by atoms with Crippen LogP contribution in [0, 0.1) is 0 Å². The van der Waals surface area contributed by atoms with Crippen LogP contribution in [0.2, 0.25) is 0 Å². The third-order valence-corrected chi connectivity index (χ3v) is 5.99. The first-order valence-corrected chi connectivity index (χ1v) is 10.3. The van der Waals surface area contributed by atoms with Crippen LogP contribution >= 0.6 is 0 Å². The monoisotopic (exact) mass is 368 g/mol. The van der Waals surface area contributed by atoms with Gasteiger partial charge in [-0.2, -0.15) is 5.10 Å². The van der Waals surface area contributed by atoms with Gasteiger partial charge in [0.05, 0.1) is 22.7 Å². The molecular formula is C16H24N4O4S. The van der Waals surface area contributed by atoms with Crippen LogP contribution in [0.4, 0.5) is 5.82 Å². The van der Waals surface area contributed by atoms with Gasteiger partial charge in [-0.3, -0.25) is 9.59 Å². The van der Waals surface area contributed by atoms with Crippen molar-refractivity contribution in [3.05, 3.63) is 11.3 Å². The lowest BCUT2D eigenvalue weighted by Gasteiger charge is -2.23. The molecule has 1 fully saturated rings. The number of amides is 2. The molecule has 0 saturated heterocycles. The number of nitrogens with one attached hydrogen (secondary N) is 2. The van der Waals surface area contributed by atoms with Gasteiger partial charge in [-0.05, 0) is 33.6 Å². The van der Waals surface area contributed by atoms with Crippen LogP contribution < -0.4 is 10.6 Å². The summed E-state index contributed by atoms with van der Waals surface area (Å²) < 4.78 is 25.3. The van der Waals surface area contributed by atoms with E-state index in [4.69, 9.17) is 0 Å². The minimum absolute atomic E-state index is 0.0388. The Morgan fingerprint density at radius 2 is 1.76 bits per heavy atom. The Labute approximate surface area is 147 Å². The first-order chi connectivity index (χ1) is 11.6. The molecule has 0 atom stereocenters. The number of anilines is 1. The van der Waals surface area contributed by atoms with Gasteiger partial charge in [-0.1, -0.05) is 12.8 Å². The molecule has 1 saturated carbocycles. The molecule has 0 bridgehead atoms. The van der Waals surface area contributed by atoms with Crippen LogP contribution in [0.25, 0.3) is 0 Å². The van der Waals surface area contributed by atoms with Crippen molar-refractivity contribution in [1.29, 1.82) is 0 Å². The highest BCUT2D eigenvalue weighted by Gasteiger charge is 2.36. The highest BCUT2D eigenvalue weighted by molar-refractivity contribution is 7.90. The second-order valence-electron chi connectivity index (χ2n) is 7.80. The number of nitrogens with zero attached hydrogens (tertiary/aromatic N) is 2. The Hall–Kier alpha value is -1.90. The van der Waals surface area contributed by atoms with Gasteiger partial charge in [0.25, 0.3) is 0 Å². The maximum Gasteiger partial charge on any atom is 0.314 e. The van der Waals surface area contributed by atoms with E-state index in [0.29, 0.717) is 17.1 Å². The number of carbonyl (C=O) groups is 2. The van der Waals surface area contributed by atoms with E-state index < -0.39 is 27.2 Å². The van der Waals surface area contributed by atoms with E-state index in [0.717, 1.165) is 25.7 Å². The summed E-state index contributed by atoms with van der Waals surface area (Å²) in [6.07, 6.45) is 3.86. The van der Waals surface area contributed by atoms with Crippen LogP contribution in [-0.4, -0.2) is 36.1 Å². The number of rotatable bonds is 2. The zero-order chi connectivity index (χ0) is 18.4. The molecule has 138 valence electrons. The standard InChI is InChI=1S/C16H24N4O4S/c1-16(2,3)20-13(11-8-25(23,24)9-12(11)19-20)18-15(22)14(21)17-10-6-4-5-7-10/h10H,4-9H2,1-3H3,(H,17,21)(H,18,22). The lowest BCUT2D eigenvalue weighted by Crippen LogP contribution is -2.41. The second kappa shape index (κ2) is 6.12. The summed E-state index contributed by atoms with van der Waals surface area (Å²) >= 11 is 0. The molecular weight excluding hydrogens is 344 g/mol. The maximum absolute atomic E-state index is 12.3. The molecule has 0 spiro atoms. The highest BCUT2D eigenvalue weighted by atomic mass is 32.2. The van der Waals surface area contributed by atoms with E-state index in [1.165, 1.54) is 0 Å². The normalized spacial score (nSPS) is 19.6. The predicted molar refractivity (Wildman–Crippen MR) is 92.6 cm³/mol. The van der Waals surface area contributed by atoms with Crippen molar-refractivity contribution in [2.24, 2.45) is 0 Å². The van der Waals surface area contributed by atoms with E-state index in [9.17, 15) is 18.0 Å². The summed E-state index contributed by atoms with van der Waals surface area (Å²) in [5.41, 5.74) is 0.469. The lowest BCUT2D eigenvalue weighted by atomic mass is 10.1. The van der Waals surface area contributed by atoms with E-state index in [1.807, 2.05) is 20.8 Å². The Bertz CT molecular complexity index is 814. The number of hydrogen-bond donors (Lipinski definition) is 2. The fraction of sp³-hybridized carbons (Fsp3) is 0.688. The predicted octanol–water partition coefficient (Wildman–Crippen LogP) is 1.06. The third kappa shape index (κ3) is 3.70. The first kappa shape index (κ1) is 17.9. The molecule has 3 rings (SSSR count). The Morgan fingerprint density at radius 3 is 2.36 bits per heavy atom. The molecule has 1 aromatic rings. The SMILES string of the molecule is CC(C)(C)n1nc2c(c1NC(=O)C(=O)NC1CCCC1)CS(=O)(=O)C2. The van der Waals surface area contributed by atoms with Gasteiger partial charge in [0.1, 0.15) is 5.82 Å². The van der Waals surface area contributed by atoms with Crippen LogP contribution in [0.15, 0.2) is 0 Å². The summed E-state index contributed by atoms with van der Waals surface area (Å²) in [5.74, 6) is -1.48. The number of fused-ring (bicyclic) bond motifs is 1. The van der Waals surface area contributed by atoms with E-state index in [1.54, 1.807) is 4.68 Å². The molecule has 0 radical (unpaired) electrons. The number of hydrogen-bond acceptors (Lipinski definition) is 5. The molecule has 1 aliphatic heterocycles. The van der Waals surface area contributed by atoms with Crippen LogP contribution in [0.5, 0.6) is 0 Å². The molecule has 2 N–H and O–H groups in total. The van der Waals surface area contributed by atoms with Crippen molar-refractivity contribution in [1.82, 2.24) is 15.1 Å². The number of aromatic nitrogens is 2. The Morgan fingerprint density at radius 1 is 1.12 bits per heavy atom. The molecule has 1 aliphatic carbocycles. The second-order valence-corrected chi connectivity index (χ2v) is 9.86. The van der Waals surface area contributed by atoms with Crippen molar-refractivity contribution in [2.45, 2.75) is 69.5 Å². The van der Waals surface area contributed by atoms with Crippen LogP contribution in [0.3, 0.4) is 0 Å². The molecule has 0 unspecified atom stereocenters. The van der Waals surface area contributed by atoms with Crippen molar-refractivity contribution >= 4 is 27.5 Å². The fourth-order valence-electron chi connectivity index (χ4n) is 3.34. The molecule has 2 aliphatic rings. The van der Waals surface area contributed by atoms with E-state index in [2.05, 4.69) is 15.7 Å². The van der Waals surface area contributed by atoms with Gasteiger partial charge in [-0.25, -0.2) is 13.1 Å². The zero-order valence-electron chi connectivity index (χ0n) is 14.8. The summed E-state index contributed by atoms with van der Waals surface area (Å²) in [5, 5.41) is 9.69. The lowest BCUT2D eigenvalue weighted by molar-refractivity contribution is -0.136. The topological polar surface area (TPSA) is 110 Å². The molecule has 25 heavy (non-hydrogen) atoms. The van der Waals surface area contributed by atoms with Gasteiger partial charge in [0.15, 0.2) is 9.84 Å². The van der Waals surface area contributed by atoms with E-state index in [-0.39, 0.29) is 17.5 Å². The van der Waals surface area contributed by atoms with Gasteiger partial charge >= 0.3 is 11.8 Å².